The van der Waals surface area contributed by atoms with Gasteiger partial charge in [0.15, 0.2) is 5.43 Å². The number of ether oxygens (including phenoxy) is 1. The number of hydrogen-bond donors (Lipinski definition) is 0. The SMILES string of the molecule is COC1=C(C)CCC=C1c1cccccc1=O. The Balaban J connectivity index is 2.58. The van der Waals surface area contributed by atoms with E-state index in [1.165, 1.54) is 5.57 Å². The number of rotatable bonds is 2. The zero-order chi connectivity index (χ0) is 12.3. The van der Waals surface area contributed by atoms with Crippen molar-refractivity contribution in [3.8, 4) is 0 Å². The summed E-state index contributed by atoms with van der Waals surface area (Å²) < 4.78 is 5.43. The summed E-state index contributed by atoms with van der Waals surface area (Å²) in [6.45, 7) is 2.05. The molecular formula is C15H16O2. The summed E-state index contributed by atoms with van der Waals surface area (Å²) in [7, 11) is 1.66. The Morgan fingerprint density at radius 3 is 2.71 bits per heavy atom. The molecule has 0 saturated carbocycles. The first-order chi connectivity index (χ1) is 8.24. The summed E-state index contributed by atoms with van der Waals surface area (Å²) in [6.07, 6.45) is 4.05. The summed E-state index contributed by atoms with van der Waals surface area (Å²) >= 11 is 0. The van der Waals surface area contributed by atoms with Gasteiger partial charge in [-0.05, 0) is 31.4 Å². The van der Waals surface area contributed by atoms with Crippen LogP contribution in [-0.4, -0.2) is 7.11 Å². The van der Waals surface area contributed by atoms with Crippen molar-refractivity contribution in [2.24, 2.45) is 0 Å². The first kappa shape index (κ1) is 11.6. The lowest BCUT2D eigenvalue weighted by molar-refractivity contribution is 0.303. The molecular weight excluding hydrogens is 212 g/mol. The molecule has 1 aliphatic rings. The molecule has 0 saturated heterocycles. The van der Waals surface area contributed by atoms with Gasteiger partial charge in [0.2, 0.25) is 0 Å². The molecule has 2 rings (SSSR count). The Labute approximate surface area is 101 Å². The molecule has 0 fully saturated rings. The van der Waals surface area contributed by atoms with E-state index in [-0.39, 0.29) is 5.43 Å². The molecule has 0 radical (unpaired) electrons. The molecule has 0 N–H and O–H groups in total. The Morgan fingerprint density at radius 1 is 1.18 bits per heavy atom. The molecule has 0 aromatic heterocycles. The molecule has 0 amide bonds. The van der Waals surface area contributed by atoms with E-state index in [4.69, 9.17) is 4.74 Å². The van der Waals surface area contributed by atoms with Gasteiger partial charge in [-0.3, -0.25) is 4.79 Å². The standard InChI is InChI=1S/C15H16O2/c1-11-7-6-9-13(15(11)17-2)12-8-4-3-5-10-14(12)16/h3-5,8-10H,6-7H2,1-2H3. The van der Waals surface area contributed by atoms with Crippen LogP contribution in [0.4, 0.5) is 0 Å². The first-order valence-electron chi connectivity index (χ1n) is 5.78. The Hall–Kier alpha value is -1.83. The highest BCUT2D eigenvalue weighted by Gasteiger charge is 2.16. The minimum Gasteiger partial charge on any atom is -0.496 e. The monoisotopic (exact) mass is 228 g/mol. The third kappa shape index (κ3) is 2.31. The van der Waals surface area contributed by atoms with Crippen molar-refractivity contribution in [3.63, 3.8) is 0 Å². The van der Waals surface area contributed by atoms with E-state index in [0.29, 0.717) is 5.56 Å². The van der Waals surface area contributed by atoms with Crippen LogP contribution >= 0.6 is 0 Å². The lowest BCUT2D eigenvalue weighted by atomic mass is 9.94. The third-order valence-corrected chi connectivity index (χ3v) is 2.99. The maximum Gasteiger partial charge on any atom is 0.186 e. The van der Waals surface area contributed by atoms with Gasteiger partial charge in [-0.2, -0.15) is 0 Å². The van der Waals surface area contributed by atoms with Gasteiger partial charge in [0.05, 0.1) is 7.11 Å². The number of allylic oxidation sites excluding steroid dienone is 3. The van der Waals surface area contributed by atoms with Crippen molar-refractivity contribution < 1.29 is 4.74 Å². The van der Waals surface area contributed by atoms with E-state index < -0.39 is 0 Å². The highest BCUT2D eigenvalue weighted by molar-refractivity contribution is 5.78. The lowest BCUT2D eigenvalue weighted by Crippen LogP contribution is -2.09. The highest BCUT2D eigenvalue weighted by atomic mass is 16.5. The molecule has 17 heavy (non-hydrogen) atoms. The van der Waals surface area contributed by atoms with Crippen molar-refractivity contribution >= 4 is 5.57 Å². The van der Waals surface area contributed by atoms with Crippen molar-refractivity contribution in [3.05, 3.63) is 63.5 Å². The van der Waals surface area contributed by atoms with Gasteiger partial charge in [0.25, 0.3) is 0 Å². The molecule has 1 aromatic carbocycles. The van der Waals surface area contributed by atoms with Gasteiger partial charge in [-0.1, -0.05) is 30.3 Å². The van der Waals surface area contributed by atoms with Crippen molar-refractivity contribution in [2.75, 3.05) is 7.11 Å². The van der Waals surface area contributed by atoms with Gasteiger partial charge in [-0.25, -0.2) is 0 Å². The fourth-order valence-electron chi connectivity index (χ4n) is 2.14. The molecule has 2 nitrogen and oxygen atoms in total. The third-order valence-electron chi connectivity index (χ3n) is 2.99. The molecule has 2 heteroatoms. The minimum atomic E-state index is 0.0329. The maximum absolute atomic E-state index is 12.0. The number of hydrogen-bond acceptors (Lipinski definition) is 2. The first-order valence-corrected chi connectivity index (χ1v) is 5.78. The Bertz CT molecular complexity index is 539. The smallest absolute Gasteiger partial charge is 0.186 e. The van der Waals surface area contributed by atoms with E-state index in [0.717, 1.165) is 24.2 Å². The normalized spacial score (nSPS) is 15.5. The fraction of sp³-hybridized carbons (Fsp3) is 0.267. The molecule has 1 aliphatic carbocycles. The Morgan fingerprint density at radius 2 is 1.94 bits per heavy atom. The predicted molar refractivity (Wildman–Crippen MR) is 69.6 cm³/mol. The quantitative estimate of drug-likeness (QED) is 0.777. The fourth-order valence-corrected chi connectivity index (χ4v) is 2.14. The predicted octanol–water partition coefficient (Wildman–Crippen LogP) is 3.14. The second-order valence-electron chi connectivity index (χ2n) is 4.16. The van der Waals surface area contributed by atoms with Gasteiger partial charge in [0.1, 0.15) is 5.76 Å². The summed E-state index contributed by atoms with van der Waals surface area (Å²) in [5.41, 5.74) is 2.88. The van der Waals surface area contributed by atoms with E-state index >= 15 is 0 Å². The van der Waals surface area contributed by atoms with Crippen LogP contribution in [0.15, 0.2) is 52.5 Å². The zero-order valence-electron chi connectivity index (χ0n) is 10.2. The second-order valence-corrected chi connectivity index (χ2v) is 4.16. The van der Waals surface area contributed by atoms with Crippen LogP contribution in [0.5, 0.6) is 0 Å². The summed E-state index contributed by atoms with van der Waals surface area (Å²) in [4.78, 5) is 12.0. The van der Waals surface area contributed by atoms with Crippen LogP contribution in [0.2, 0.25) is 0 Å². The molecule has 0 spiro atoms. The van der Waals surface area contributed by atoms with Crippen molar-refractivity contribution in [2.45, 2.75) is 19.8 Å². The van der Waals surface area contributed by atoms with Crippen LogP contribution in [0, 0.1) is 0 Å². The average Bonchev–Trinajstić information content (AvgIpc) is 2.53. The zero-order valence-corrected chi connectivity index (χ0v) is 10.2. The van der Waals surface area contributed by atoms with Gasteiger partial charge in [0, 0.05) is 11.1 Å². The average molecular weight is 228 g/mol. The highest BCUT2D eigenvalue weighted by Crippen LogP contribution is 2.30. The van der Waals surface area contributed by atoms with Crippen molar-refractivity contribution in [1.29, 1.82) is 0 Å². The molecule has 0 bridgehead atoms. The van der Waals surface area contributed by atoms with Crippen LogP contribution in [-0.2, 0) is 4.74 Å². The van der Waals surface area contributed by atoms with Crippen LogP contribution in [0.1, 0.15) is 25.3 Å². The van der Waals surface area contributed by atoms with E-state index in [1.807, 2.05) is 18.2 Å². The molecule has 0 unspecified atom stereocenters. The van der Waals surface area contributed by atoms with Gasteiger partial charge in [-0.15, -0.1) is 0 Å². The molecule has 0 atom stereocenters. The molecule has 1 aromatic rings. The second kappa shape index (κ2) is 5.00. The summed E-state index contributed by atoms with van der Waals surface area (Å²) in [6, 6.07) is 8.95. The van der Waals surface area contributed by atoms with E-state index in [1.54, 1.807) is 19.2 Å². The van der Waals surface area contributed by atoms with E-state index in [9.17, 15) is 4.79 Å². The summed E-state index contributed by atoms with van der Waals surface area (Å²) in [5.74, 6) is 0.847. The molecule has 88 valence electrons. The van der Waals surface area contributed by atoms with E-state index in [2.05, 4.69) is 13.0 Å². The van der Waals surface area contributed by atoms with Crippen LogP contribution in [0.25, 0.3) is 5.57 Å². The Kier molecular flexibility index (Phi) is 3.43. The minimum absolute atomic E-state index is 0.0329. The summed E-state index contributed by atoms with van der Waals surface area (Å²) in [5, 5.41) is 0. The van der Waals surface area contributed by atoms with Crippen LogP contribution in [0.3, 0.4) is 0 Å². The largest absolute Gasteiger partial charge is 0.496 e. The van der Waals surface area contributed by atoms with Gasteiger partial charge >= 0.3 is 0 Å². The van der Waals surface area contributed by atoms with Gasteiger partial charge < -0.3 is 4.74 Å². The topological polar surface area (TPSA) is 26.3 Å². The number of methoxy groups -OCH3 is 1. The van der Waals surface area contributed by atoms with Crippen molar-refractivity contribution in [1.82, 2.24) is 0 Å². The molecule has 0 heterocycles. The molecule has 0 aliphatic heterocycles. The maximum atomic E-state index is 12.0. The lowest BCUT2D eigenvalue weighted by Gasteiger charge is -2.18. The van der Waals surface area contributed by atoms with Crippen LogP contribution < -0.4 is 5.43 Å².